The van der Waals surface area contributed by atoms with Crippen molar-refractivity contribution in [1.82, 2.24) is 0 Å². The lowest BCUT2D eigenvalue weighted by molar-refractivity contribution is -0.381. The van der Waals surface area contributed by atoms with Crippen LogP contribution in [-0.2, 0) is 42.3 Å². The van der Waals surface area contributed by atoms with Crippen LogP contribution in [0.5, 0.6) is 0 Å². The fourth-order valence-electron chi connectivity index (χ4n) is 11.0. The lowest BCUT2D eigenvalue weighted by atomic mass is 10.2. The van der Waals surface area contributed by atoms with Gasteiger partial charge < -0.3 is 42.6 Å². The van der Waals surface area contributed by atoms with E-state index in [0.29, 0.717) is 68.2 Å². The zero-order chi connectivity index (χ0) is 63.4. The second kappa shape index (κ2) is 31.6. The number of rotatable bonds is 31. The standard InChI is InChI=1S/C75H80N3O9P3/c1-5-75(85-54-24-51-76(63-45-39-60(2)40-46-63)72(79)57-88(82,66-27-12-6-13-28-66)67-29-14-7-15-30-67,86-55-25-52-77(64-47-41-61(3)42-48-64)73(80)58-89(83,68-31-16-8-17-32-68)69-33-18-9-19-34-69)87-56-26-53-78(65-49-43-62(4)44-50-65)74(81)59-90(84,70-35-20-10-21-36-70)71-37-22-11-23-38-71/h6-23,27-50H,5,24-26,51-59H2,1-4H3. The van der Waals surface area contributed by atoms with E-state index in [1.54, 1.807) is 14.7 Å². The van der Waals surface area contributed by atoms with E-state index in [4.69, 9.17) is 14.2 Å². The first-order chi connectivity index (χ1) is 43.6. The normalized spacial score (nSPS) is 11.9. The minimum atomic E-state index is -3.45. The van der Waals surface area contributed by atoms with Crippen LogP contribution in [0, 0.1) is 20.8 Å². The molecule has 0 spiro atoms. The van der Waals surface area contributed by atoms with E-state index in [1.165, 1.54) is 0 Å². The maximum Gasteiger partial charge on any atom is 0.282 e. The van der Waals surface area contributed by atoms with Gasteiger partial charge in [0.2, 0.25) is 17.7 Å². The number of ether oxygens (including phenoxy) is 3. The molecule has 9 rings (SSSR count). The average Bonchev–Trinajstić information content (AvgIpc) is 0.868. The number of carbonyl (C=O) groups excluding carboxylic acids is 3. The Morgan fingerprint density at radius 3 is 0.711 bits per heavy atom. The van der Waals surface area contributed by atoms with Gasteiger partial charge in [0, 0.05) is 74.9 Å². The van der Waals surface area contributed by atoms with E-state index >= 15 is 13.7 Å². The van der Waals surface area contributed by atoms with Crippen molar-refractivity contribution >= 4 is 88.0 Å². The third-order valence-corrected chi connectivity index (χ3v) is 25.0. The van der Waals surface area contributed by atoms with Gasteiger partial charge in [0.1, 0.15) is 0 Å². The molecule has 0 saturated heterocycles. The highest BCUT2D eigenvalue weighted by Crippen LogP contribution is 2.46. The number of hydrogen-bond acceptors (Lipinski definition) is 9. The Morgan fingerprint density at radius 2 is 0.522 bits per heavy atom. The molecule has 0 saturated carbocycles. The lowest BCUT2D eigenvalue weighted by Crippen LogP contribution is -2.42. The van der Waals surface area contributed by atoms with Crippen LogP contribution in [0.4, 0.5) is 17.1 Å². The second-order valence-electron chi connectivity index (χ2n) is 22.5. The topological polar surface area (TPSA) is 140 Å². The molecule has 464 valence electrons. The van der Waals surface area contributed by atoms with Crippen molar-refractivity contribution in [1.29, 1.82) is 0 Å². The maximum atomic E-state index is 15.3. The molecule has 9 aromatic carbocycles. The van der Waals surface area contributed by atoms with Crippen LogP contribution in [0.3, 0.4) is 0 Å². The molecule has 15 heteroatoms. The summed E-state index contributed by atoms with van der Waals surface area (Å²) in [6.45, 7) is 8.68. The summed E-state index contributed by atoms with van der Waals surface area (Å²) in [5, 5.41) is 3.56. The molecule has 0 heterocycles. The highest BCUT2D eigenvalue weighted by atomic mass is 31.2. The summed E-state index contributed by atoms with van der Waals surface area (Å²) in [4.78, 5) is 49.6. The predicted octanol–water partition coefficient (Wildman–Crippen LogP) is 13.3. The zero-order valence-electron chi connectivity index (χ0n) is 51.8. The van der Waals surface area contributed by atoms with Gasteiger partial charge in [-0.1, -0.05) is 242 Å². The molecular weight excluding hydrogens is 1180 g/mol. The molecule has 0 unspecified atom stereocenters. The lowest BCUT2D eigenvalue weighted by Gasteiger charge is -2.34. The zero-order valence-corrected chi connectivity index (χ0v) is 54.5. The predicted molar refractivity (Wildman–Crippen MR) is 369 cm³/mol. The van der Waals surface area contributed by atoms with Crippen molar-refractivity contribution < 1.29 is 42.3 Å². The first-order valence-electron chi connectivity index (χ1n) is 30.8. The Kier molecular flexibility index (Phi) is 23.3. The number of nitrogens with zero attached hydrogens (tertiary/aromatic N) is 3. The Morgan fingerprint density at radius 1 is 0.322 bits per heavy atom. The summed E-state index contributed by atoms with van der Waals surface area (Å²) in [6.07, 6.45) is 0.483. The van der Waals surface area contributed by atoms with Gasteiger partial charge >= 0.3 is 0 Å². The number of aryl methyl sites for hydroxylation is 3. The smallest absolute Gasteiger partial charge is 0.282 e. The van der Waals surface area contributed by atoms with Crippen LogP contribution < -0.4 is 46.5 Å². The van der Waals surface area contributed by atoms with Crippen molar-refractivity contribution in [3.63, 3.8) is 0 Å². The van der Waals surface area contributed by atoms with E-state index in [2.05, 4.69) is 0 Å². The Bertz CT molecular complexity index is 3350. The van der Waals surface area contributed by atoms with Gasteiger partial charge in [0.05, 0.1) is 38.3 Å². The van der Waals surface area contributed by atoms with E-state index in [9.17, 15) is 14.4 Å². The third kappa shape index (κ3) is 16.9. The summed E-state index contributed by atoms with van der Waals surface area (Å²) in [6, 6.07) is 78.1. The third-order valence-electron chi connectivity index (χ3n) is 16.0. The van der Waals surface area contributed by atoms with Crippen molar-refractivity contribution in [3.05, 3.63) is 271 Å². The highest BCUT2D eigenvalue weighted by Gasteiger charge is 2.37. The first-order valence-corrected chi connectivity index (χ1v) is 36.4. The molecule has 0 bridgehead atoms. The van der Waals surface area contributed by atoms with E-state index in [0.717, 1.165) is 16.7 Å². The number of hydrogen-bond donors (Lipinski definition) is 0. The average molecular weight is 1260 g/mol. The van der Waals surface area contributed by atoms with Gasteiger partial charge in [-0.05, 0) is 76.4 Å². The quantitative estimate of drug-likeness (QED) is 0.0236. The summed E-state index contributed by atoms with van der Waals surface area (Å²) >= 11 is 0. The Balaban J connectivity index is 0.963. The Labute approximate surface area is 531 Å². The fraction of sp³-hybridized carbons (Fsp3) is 0.240. The molecule has 0 aliphatic heterocycles. The van der Waals surface area contributed by atoms with Crippen molar-refractivity contribution in [2.75, 3.05) is 72.6 Å². The summed E-state index contributed by atoms with van der Waals surface area (Å²) in [7, 11) is -10.4. The molecule has 9 aromatic rings. The maximum absolute atomic E-state index is 15.3. The number of carbonyl (C=O) groups is 3. The fourth-order valence-corrected chi connectivity index (χ4v) is 18.6. The first kappa shape index (κ1) is 66.4. The van der Waals surface area contributed by atoms with Gasteiger partial charge in [0.25, 0.3) is 5.97 Å². The summed E-state index contributed by atoms with van der Waals surface area (Å²) in [5.74, 6) is -2.56. The Hall–Kier alpha value is -8.04. The minimum absolute atomic E-state index is 0.0724. The minimum Gasteiger partial charge on any atom is -0.327 e. The van der Waals surface area contributed by atoms with Crippen LogP contribution >= 0.6 is 21.4 Å². The van der Waals surface area contributed by atoms with Crippen LogP contribution in [0.15, 0.2) is 255 Å². The van der Waals surface area contributed by atoms with Crippen molar-refractivity contribution in [3.8, 4) is 0 Å². The van der Waals surface area contributed by atoms with Crippen LogP contribution in [0.25, 0.3) is 0 Å². The molecule has 0 aromatic heterocycles. The van der Waals surface area contributed by atoms with Crippen molar-refractivity contribution in [2.24, 2.45) is 0 Å². The summed E-state index contributed by atoms with van der Waals surface area (Å²) in [5.41, 5.74) is 5.02. The molecule has 0 aliphatic carbocycles. The molecule has 12 nitrogen and oxygen atoms in total. The monoisotopic (exact) mass is 1260 g/mol. The number of anilines is 3. The molecule has 0 radical (unpaired) electrons. The summed E-state index contributed by atoms with van der Waals surface area (Å²) < 4.78 is 66.2. The number of benzene rings is 9. The number of amides is 3. The van der Waals surface area contributed by atoms with Crippen LogP contribution in [-0.4, -0.2) is 81.6 Å². The van der Waals surface area contributed by atoms with E-state index in [-0.39, 0.29) is 82.1 Å². The molecule has 0 fully saturated rings. The van der Waals surface area contributed by atoms with Gasteiger partial charge in [-0.15, -0.1) is 0 Å². The molecule has 90 heavy (non-hydrogen) atoms. The van der Waals surface area contributed by atoms with Crippen LogP contribution in [0.2, 0.25) is 0 Å². The van der Waals surface area contributed by atoms with Crippen LogP contribution in [0.1, 0.15) is 49.3 Å². The van der Waals surface area contributed by atoms with Gasteiger partial charge in [-0.3, -0.25) is 14.4 Å². The molecule has 3 amide bonds. The molecular formula is C75H80N3O9P3. The van der Waals surface area contributed by atoms with Gasteiger partial charge in [-0.25, -0.2) is 0 Å². The molecule has 0 N–H and O–H groups in total. The molecule has 0 atom stereocenters. The van der Waals surface area contributed by atoms with Crippen molar-refractivity contribution in [2.45, 2.75) is 59.4 Å². The SMILES string of the molecule is CCC(OCCCN(C(=O)CP(=O)(c1ccccc1)c1ccccc1)c1ccc(C)cc1)(OCCCN(C(=O)CP(=O)(c1ccccc1)c1ccccc1)c1ccc(C)cc1)OCCCN(C(=O)CP(=O)(c1ccccc1)c1ccccc1)c1ccc(C)cc1. The molecule has 0 aliphatic rings. The van der Waals surface area contributed by atoms with Gasteiger partial charge in [-0.2, -0.15) is 0 Å². The second-order valence-corrected chi connectivity index (χ2v) is 31.0. The van der Waals surface area contributed by atoms with E-state index < -0.39 is 27.4 Å². The highest BCUT2D eigenvalue weighted by molar-refractivity contribution is 7.80. The van der Waals surface area contributed by atoms with Gasteiger partial charge in [0.15, 0.2) is 21.4 Å². The largest absolute Gasteiger partial charge is 0.327 e. The van der Waals surface area contributed by atoms with E-state index in [1.807, 2.05) is 282 Å².